The molecule has 0 N–H and O–H groups in total. The summed E-state index contributed by atoms with van der Waals surface area (Å²) in [4.78, 5) is 0. The van der Waals surface area contributed by atoms with E-state index in [1.807, 2.05) is 6.92 Å². The van der Waals surface area contributed by atoms with E-state index in [0.29, 0.717) is 6.29 Å². The Kier molecular flexibility index (Phi) is 1.20. The maximum absolute atomic E-state index is 4.82. The minimum atomic E-state index is 0.681. The first-order valence-corrected chi connectivity index (χ1v) is 2.27. The highest BCUT2D eigenvalue weighted by Gasteiger charge is 2.10. The molecule has 0 saturated carbocycles. The van der Waals surface area contributed by atoms with Crippen molar-refractivity contribution >= 4 is 0 Å². The summed E-state index contributed by atoms with van der Waals surface area (Å²) in [6, 6.07) is 0. The Labute approximate surface area is 42.7 Å². The van der Waals surface area contributed by atoms with Gasteiger partial charge in [0, 0.05) is 6.42 Å². The number of ether oxygens (including phenoxy) is 2. The highest BCUT2D eigenvalue weighted by Crippen LogP contribution is 2.15. The van der Waals surface area contributed by atoms with E-state index in [1.165, 1.54) is 12.5 Å². The molecule has 39 valence electrons. The first kappa shape index (κ1) is 4.50. The van der Waals surface area contributed by atoms with E-state index in [2.05, 4.69) is 0 Å². The lowest BCUT2D eigenvalue weighted by atomic mass is 10.5. The fourth-order valence-corrected chi connectivity index (χ4v) is 0.402. The third-order valence-electron chi connectivity index (χ3n) is 0.743. The third kappa shape index (κ3) is 0.856. The molecule has 7 heavy (non-hydrogen) atoms. The molecule has 1 heterocycles. The summed E-state index contributed by atoms with van der Waals surface area (Å²) in [5, 5.41) is 0. The molecule has 0 amide bonds. The molecule has 1 rings (SSSR count). The second-order valence-corrected chi connectivity index (χ2v) is 1.23. The maximum Gasteiger partial charge on any atom is 0.328 e. The molecule has 1 aliphatic heterocycles. The van der Waals surface area contributed by atoms with Crippen molar-refractivity contribution < 1.29 is 9.47 Å². The quantitative estimate of drug-likeness (QED) is 0.494. The predicted molar refractivity (Wildman–Crippen MR) is 24.8 cm³/mol. The molecular formula is C5H7O2. The van der Waals surface area contributed by atoms with Crippen LogP contribution in [-0.2, 0) is 9.47 Å². The van der Waals surface area contributed by atoms with Gasteiger partial charge in [0.15, 0.2) is 0 Å². The second kappa shape index (κ2) is 1.87. The average Bonchev–Trinajstić information content (AvgIpc) is 2.14. The van der Waals surface area contributed by atoms with Crippen molar-refractivity contribution in [3.05, 3.63) is 18.8 Å². The molecule has 0 aromatic carbocycles. The van der Waals surface area contributed by atoms with Crippen LogP contribution in [0.4, 0.5) is 0 Å². The van der Waals surface area contributed by atoms with E-state index in [-0.39, 0.29) is 0 Å². The molecule has 0 spiro atoms. The Balaban J connectivity index is 2.22. The lowest BCUT2D eigenvalue weighted by Crippen LogP contribution is -1.91. The monoisotopic (exact) mass is 99.0 g/mol. The Morgan fingerprint density at radius 1 is 1.43 bits per heavy atom. The van der Waals surface area contributed by atoms with Crippen molar-refractivity contribution in [1.82, 2.24) is 0 Å². The SMILES string of the molecule is CC[C]1OC=CO1. The summed E-state index contributed by atoms with van der Waals surface area (Å²) >= 11 is 0. The van der Waals surface area contributed by atoms with Gasteiger partial charge in [-0.05, 0) is 0 Å². The largest absolute Gasteiger partial charge is 0.450 e. The highest BCUT2D eigenvalue weighted by atomic mass is 16.7. The van der Waals surface area contributed by atoms with Gasteiger partial charge in [-0.15, -0.1) is 0 Å². The summed E-state index contributed by atoms with van der Waals surface area (Å²) in [6.07, 6.45) is 4.56. The second-order valence-electron chi connectivity index (χ2n) is 1.23. The van der Waals surface area contributed by atoms with Gasteiger partial charge in [-0.1, -0.05) is 6.92 Å². The van der Waals surface area contributed by atoms with Gasteiger partial charge in [0.1, 0.15) is 12.5 Å². The normalized spacial score (nSPS) is 19.0. The molecule has 0 fully saturated rings. The van der Waals surface area contributed by atoms with Crippen LogP contribution in [0.15, 0.2) is 12.5 Å². The summed E-state index contributed by atoms with van der Waals surface area (Å²) in [7, 11) is 0. The molecule has 2 heteroatoms. The minimum absolute atomic E-state index is 0.681. The van der Waals surface area contributed by atoms with E-state index in [9.17, 15) is 0 Å². The average molecular weight is 99.1 g/mol. The van der Waals surface area contributed by atoms with Crippen LogP contribution < -0.4 is 0 Å². The van der Waals surface area contributed by atoms with Crippen LogP contribution in [0.5, 0.6) is 0 Å². The number of rotatable bonds is 1. The third-order valence-corrected chi connectivity index (χ3v) is 0.743. The van der Waals surface area contributed by atoms with E-state index in [1.54, 1.807) is 0 Å². The smallest absolute Gasteiger partial charge is 0.328 e. The van der Waals surface area contributed by atoms with Gasteiger partial charge in [-0.3, -0.25) is 0 Å². The van der Waals surface area contributed by atoms with Gasteiger partial charge < -0.3 is 9.47 Å². The Morgan fingerprint density at radius 3 is 2.29 bits per heavy atom. The minimum Gasteiger partial charge on any atom is -0.450 e. The zero-order chi connectivity index (χ0) is 5.11. The van der Waals surface area contributed by atoms with Crippen molar-refractivity contribution in [1.29, 1.82) is 0 Å². The zero-order valence-electron chi connectivity index (χ0n) is 4.18. The van der Waals surface area contributed by atoms with Gasteiger partial charge in [-0.25, -0.2) is 0 Å². The molecule has 0 bridgehead atoms. The van der Waals surface area contributed by atoms with Crippen molar-refractivity contribution in [2.24, 2.45) is 0 Å². The Morgan fingerprint density at radius 2 is 2.00 bits per heavy atom. The van der Waals surface area contributed by atoms with Crippen molar-refractivity contribution in [2.45, 2.75) is 13.3 Å². The first-order valence-electron chi connectivity index (χ1n) is 2.27. The molecule has 1 radical (unpaired) electrons. The summed E-state index contributed by atoms with van der Waals surface area (Å²) < 4.78 is 9.63. The van der Waals surface area contributed by atoms with Gasteiger partial charge in [0.05, 0.1) is 0 Å². The topological polar surface area (TPSA) is 18.5 Å². The molecule has 0 atom stereocenters. The lowest BCUT2D eigenvalue weighted by molar-refractivity contribution is 0.0902. The van der Waals surface area contributed by atoms with E-state index >= 15 is 0 Å². The van der Waals surface area contributed by atoms with Crippen molar-refractivity contribution in [3.63, 3.8) is 0 Å². The summed E-state index contributed by atoms with van der Waals surface area (Å²) in [5.74, 6) is 0. The van der Waals surface area contributed by atoms with Crippen LogP contribution in [-0.4, -0.2) is 0 Å². The zero-order valence-corrected chi connectivity index (χ0v) is 4.18. The molecule has 0 aromatic heterocycles. The fraction of sp³-hybridized carbons (Fsp3) is 0.400. The van der Waals surface area contributed by atoms with Gasteiger partial charge in [-0.2, -0.15) is 0 Å². The van der Waals surface area contributed by atoms with Crippen LogP contribution in [0.1, 0.15) is 13.3 Å². The molecule has 1 aliphatic rings. The number of hydrogen-bond donors (Lipinski definition) is 0. The van der Waals surface area contributed by atoms with E-state index < -0.39 is 0 Å². The molecule has 0 aromatic rings. The summed E-state index contributed by atoms with van der Waals surface area (Å²) in [5.41, 5.74) is 0. The van der Waals surface area contributed by atoms with Crippen LogP contribution in [0.3, 0.4) is 0 Å². The predicted octanol–water partition coefficient (Wildman–Crippen LogP) is 1.40. The fourth-order valence-electron chi connectivity index (χ4n) is 0.402. The van der Waals surface area contributed by atoms with E-state index in [4.69, 9.17) is 9.47 Å². The van der Waals surface area contributed by atoms with Crippen LogP contribution in [0.2, 0.25) is 0 Å². The molecular weight excluding hydrogens is 92.1 g/mol. The van der Waals surface area contributed by atoms with E-state index in [0.717, 1.165) is 6.42 Å². The van der Waals surface area contributed by atoms with Crippen molar-refractivity contribution in [2.75, 3.05) is 0 Å². The van der Waals surface area contributed by atoms with Crippen LogP contribution in [0, 0.1) is 6.29 Å². The summed E-state index contributed by atoms with van der Waals surface area (Å²) in [6.45, 7) is 1.97. The maximum atomic E-state index is 4.82. The van der Waals surface area contributed by atoms with Gasteiger partial charge in [0.25, 0.3) is 0 Å². The van der Waals surface area contributed by atoms with Gasteiger partial charge in [0.2, 0.25) is 0 Å². The molecule has 0 saturated heterocycles. The Bertz CT molecular complexity index is 70.1. The van der Waals surface area contributed by atoms with Gasteiger partial charge >= 0.3 is 6.29 Å². The molecule has 0 aliphatic carbocycles. The van der Waals surface area contributed by atoms with Crippen LogP contribution in [0.25, 0.3) is 0 Å². The van der Waals surface area contributed by atoms with Crippen molar-refractivity contribution in [3.8, 4) is 0 Å². The molecule has 0 unspecified atom stereocenters. The Hall–Kier alpha value is -0.660. The highest BCUT2D eigenvalue weighted by molar-refractivity contribution is 4.80. The standard InChI is InChI=1S/C5H7O2/c1-2-5-6-3-4-7-5/h3-4H,2H2,1H3. The lowest BCUT2D eigenvalue weighted by Gasteiger charge is -2.00. The van der Waals surface area contributed by atoms with Crippen LogP contribution >= 0.6 is 0 Å². The molecule has 2 nitrogen and oxygen atoms in total. The number of hydrogen-bond acceptors (Lipinski definition) is 2. The first-order chi connectivity index (χ1) is 3.43.